The van der Waals surface area contributed by atoms with Crippen LogP contribution in [-0.2, 0) is 11.3 Å². The zero-order chi connectivity index (χ0) is 17.3. The van der Waals surface area contributed by atoms with Crippen molar-refractivity contribution in [3.05, 3.63) is 17.5 Å². The molecule has 0 radical (unpaired) electrons. The van der Waals surface area contributed by atoms with E-state index in [-0.39, 0.29) is 6.09 Å². The van der Waals surface area contributed by atoms with Crippen molar-refractivity contribution < 1.29 is 9.53 Å². The van der Waals surface area contributed by atoms with Gasteiger partial charge in [-0.1, -0.05) is 11.6 Å². The molecule has 2 aromatic heterocycles. The summed E-state index contributed by atoms with van der Waals surface area (Å²) in [5.41, 5.74) is 0.975. The highest BCUT2D eigenvalue weighted by Crippen LogP contribution is 2.22. The van der Waals surface area contributed by atoms with Gasteiger partial charge in [0, 0.05) is 25.7 Å². The zero-order valence-electron chi connectivity index (χ0n) is 14.2. The Hall–Kier alpha value is -1.89. The Morgan fingerprint density at radius 2 is 2.21 bits per heavy atom. The number of carbonyl (C=O) groups excluding carboxylic acids is 1. The molecule has 3 rings (SSSR count). The number of hydrogen-bond acceptors (Lipinski definition) is 5. The van der Waals surface area contributed by atoms with Crippen LogP contribution in [0.4, 0.5) is 4.79 Å². The third kappa shape index (κ3) is 3.95. The van der Waals surface area contributed by atoms with Crippen LogP contribution in [0.5, 0.6) is 0 Å². The largest absolute Gasteiger partial charge is 0.444 e. The molecule has 0 aliphatic carbocycles. The molecule has 0 unspecified atom stereocenters. The van der Waals surface area contributed by atoms with Crippen LogP contribution in [0.3, 0.4) is 0 Å². The first-order valence-corrected chi connectivity index (χ1v) is 8.51. The van der Waals surface area contributed by atoms with Gasteiger partial charge in [0.05, 0.1) is 6.33 Å². The second-order valence-corrected chi connectivity index (χ2v) is 7.59. The maximum Gasteiger partial charge on any atom is 0.410 e. The lowest BCUT2D eigenvalue weighted by atomic mass is 9.98. The van der Waals surface area contributed by atoms with Crippen LogP contribution in [0, 0.1) is 5.92 Å². The van der Waals surface area contributed by atoms with Gasteiger partial charge in [0.1, 0.15) is 11.1 Å². The van der Waals surface area contributed by atoms with E-state index in [1.54, 1.807) is 17.3 Å². The van der Waals surface area contributed by atoms with Crippen molar-refractivity contribution in [1.29, 1.82) is 0 Å². The van der Waals surface area contributed by atoms with Crippen LogP contribution in [0.1, 0.15) is 33.6 Å². The lowest BCUT2D eigenvalue weighted by Gasteiger charge is -2.34. The summed E-state index contributed by atoms with van der Waals surface area (Å²) < 4.78 is 7.45. The Balaban J connectivity index is 1.67. The molecule has 0 bridgehead atoms. The number of aromatic nitrogens is 4. The van der Waals surface area contributed by atoms with Crippen molar-refractivity contribution in [2.24, 2.45) is 5.92 Å². The van der Waals surface area contributed by atoms with Crippen molar-refractivity contribution in [2.45, 2.75) is 45.8 Å². The third-order valence-corrected chi connectivity index (χ3v) is 4.14. The molecule has 7 nitrogen and oxygen atoms in total. The van der Waals surface area contributed by atoms with E-state index in [0.29, 0.717) is 23.3 Å². The molecule has 3 heterocycles. The molecule has 1 aliphatic rings. The predicted molar refractivity (Wildman–Crippen MR) is 90.9 cm³/mol. The molecule has 0 saturated carbocycles. The quantitative estimate of drug-likeness (QED) is 0.831. The highest BCUT2D eigenvalue weighted by atomic mass is 35.5. The highest BCUT2D eigenvalue weighted by molar-refractivity contribution is 6.29. The molecular weight excluding hydrogens is 330 g/mol. The summed E-state index contributed by atoms with van der Waals surface area (Å²) in [4.78, 5) is 18.4. The fraction of sp³-hybridized carbons (Fsp3) is 0.625. The smallest absolute Gasteiger partial charge is 0.410 e. The van der Waals surface area contributed by atoms with E-state index in [1.807, 2.05) is 25.3 Å². The molecule has 1 amide bonds. The first-order valence-electron chi connectivity index (χ1n) is 8.14. The molecule has 24 heavy (non-hydrogen) atoms. The summed E-state index contributed by atoms with van der Waals surface area (Å²) in [6.07, 6.45) is 3.53. The molecule has 130 valence electrons. The summed E-state index contributed by atoms with van der Waals surface area (Å²) in [5, 5.41) is 8.34. The van der Waals surface area contributed by atoms with Crippen LogP contribution in [0.15, 0.2) is 12.4 Å². The van der Waals surface area contributed by atoms with Crippen molar-refractivity contribution in [3.63, 3.8) is 0 Å². The van der Waals surface area contributed by atoms with Crippen LogP contribution in [0.2, 0.25) is 5.15 Å². The predicted octanol–water partition coefficient (Wildman–Crippen LogP) is 3.13. The molecule has 2 aromatic rings. The van der Waals surface area contributed by atoms with Crippen LogP contribution >= 0.6 is 11.6 Å². The SMILES string of the molecule is CC(C)(C)OC(=O)N1CCC[C@@H](Cn2cnc3cc(Cl)nnc32)C1. The van der Waals surface area contributed by atoms with E-state index in [4.69, 9.17) is 16.3 Å². The van der Waals surface area contributed by atoms with Crippen molar-refractivity contribution in [2.75, 3.05) is 13.1 Å². The lowest BCUT2D eigenvalue weighted by Crippen LogP contribution is -2.43. The van der Waals surface area contributed by atoms with Crippen molar-refractivity contribution in [3.8, 4) is 0 Å². The van der Waals surface area contributed by atoms with E-state index in [2.05, 4.69) is 15.2 Å². The average molecular weight is 352 g/mol. The molecule has 1 atom stereocenters. The summed E-state index contributed by atoms with van der Waals surface area (Å²) in [5.74, 6) is 0.334. The molecule has 1 fully saturated rings. The molecule has 1 saturated heterocycles. The van der Waals surface area contributed by atoms with E-state index in [9.17, 15) is 4.79 Å². The Labute approximate surface area is 146 Å². The number of fused-ring (bicyclic) bond motifs is 1. The van der Waals surface area contributed by atoms with Gasteiger partial charge in [0.25, 0.3) is 0 Å². The van der Waals surface area contributed by atoms with Gasteiger partial charge in [-0.15, -0.1) is 10.2 Å². The fourth-order valence-electron chi connectivity index (χ4n) is 2.96. The first kappa shape index (κ1) is 17.0. The van der Waals surface area contributed by atoms with Gasteiger partial charge in [-0.25, -0.2) is 9.78 Å². The maximum absolute atomic E-state index is 12.3. The number of amides is 1. The summed E-state index contributed by atoms with van der Waals surface area (Å²) >= 11 is 5.85. The van der Waals surface area contributed by atoms with Crippen LogP contribution in [-0.4, -0.2) is 49.4 Å². The van der Waals surface area contributed by atoms with Crippen LogP contribution < -0.4 is 0 Å². The second kappa shape index (κ2) is 6.55. The first-order chi connectivity index (χ1) is 11.3. The second-order valence-electron chi connectivity index (χ2n) is 7.21. The monoisotopic (exact) mass is 351 g/mol. The molecule has 8 heteroatoms. The number of ether oxygens (including phenoxy) is 1. The minimum atomic E-state index is -0.473. The number of piperidine rings is 1. The maximum atomic E-state index is 12.3. The molecule has 1 aliphatic heterocycles. The van der Waals surface area contributed by atoms with E-state index in [1.165, 1.54) is 0 Å². The zero-order valence-corrected chi connectivity index (χ0v) is 15.0. The number of carbonyl (C=O) groups is 1. The minimum absolute atomic E-state index is 0.241. The number of halogens is 1. The Bertz CT molecular complexity index is 740. The van der Waals surface area contributed by atoms with Gasteiger partial charge < -0.3 is 14.2 Å². The molecule has 0 aromatic carbocycles. The van der Waals surface area contributed by atoms with E-state index >= 15 is 0 Å². The van der Waals surface area contributed by atoms with Crippen molar-refractivity contribution >= 4 is 28.9 Å². The summed E-state index contributed by atoms with van der Waals surface area (Å²) in [6, 6.07) is 1.70. The standard InChI is InChI=1S/C16H22ClN5O2/c1-16(2,3)24-15(23)21-6-4-5-11(8-21)9-22-10-18-12-7-13(17)19-20-14(12)22/h7,10-11H,4-6,8-9H2,1-3H3/t11-/m1/s1. The van der Waals surface area contributed by atoms with Gasteiger partial charge in [0.2, 0.25) is 0 Å². The topological polar surface area (TPSA) is 73.1 Å². The summed E-state index contributed by atoms with van der Waals surface area (Å²) in [6.45, 7) is 7.81. The van der Waals surface area contributed by atoms with Gasteiger partial charge >= 0.3 is 6.09 Å². The molecular formula is C16H22ClN5O2. The Kier molecular flexibility index (Phi) is 4.62. The van der Waals surface area contributed by atoms with Gasteiger partial charge in [0.15, 0.2) is 10.8 Å². The van der Waals surface area contributed by atoms with Gasteiger partial charge in [-0.3, -0.25) is 0 Å². The van der Waals surface area contributed by atoms with Gasteiger partial charge in [-0.05, 0) is 39.5 Å². The molecule has 0 spiro atoms. The van der Waals surface area contributed by atoms with Crippen molar-refractivity contribution in [1.82, 2.24) is 24.6 Å². The van der Waals surface area contributed by atoms with E-state index < -0.39 is 5.60 Å². The lowest BCUT2D eigenvalue weighted by molar-refractivity contribution is 0.0157. The number of hydrogen-bond donors (Lipinski definition) is 0. The number of likely N-dealkylation sites (tertiary alicyclic amines) is 1. The number of rotatable bonds is 2. The number of nitrogens with zero attached hydrogens (tertiary/aromatic N) is 5. The Morgan fingerprint density at radius 1 is 1.42 bits per heavy atom. The minimum Gasteiger partial charge on any atom is -0.444 e. The number of imidazole rings is 1. The van der Waals surface area contributed by atoms with Gasteiger partial charge in [-0.2, -0.15) is 0 Å². The molecule has 0 N–H and O–H groups in total. The highest BCUT2D eigenvalue weighted by Gasteiger charge is 2.28. The fourth-order valence-corrected chi connectivity index (χ4v) is 3.10. The van der Waals surface area contributed by atoms with E-state index in [0.717, 1.165) is 31.4 Å². The Morgan fingerprint density at radius 3 is 2.96 bits per heavy atom. The third-order valence-electron chi connectivity index (χ3n) is 3.96. The summed E-state index contributed by atoms with van der Waals surface area (Å²) in [7, 11) is 0. The normalized spacial score (nSPS) is 18.8. The average Bonchev–Trinajstić information content (AvgIpc) is 2.88. The van der Waals surface area contributed by atoms with Crippen LogP contribution in [0.25, 0.3) is 11.2 Å².